The summed E-state index contributed by atoms with van der Waals surface area (Å²) in [6.45, 7) is 0.403. The van der Waals surface area contributed by atoms with Crippen molar-refractivity contribution in [2.75, 3.05) is 0 Å². The van der Waals surface area contributed by atoms with Crippen LogP contribution < -0.4 is 5.32 Å². The van der Waals surface area contributed by atoms with E-state index in [0.29, 0.717) is 34.4 Å². The summed E-state index contributed by atoms with van der Waals surface area (Å²) in [6.07, 6.45) is 0. The van der Waals surface area contributed by atoms with Crippen LogP contribution in [0.3, 0.4) is 0 Å². The first kappa shape index (κ1) is 16.5. The third kappa shape index (κ3) is 2.82. The first-order valence-corrected chi connectivity index (χ1v) is 8.26. The molecule has 4 nitrogen and oxygen atoms in total. The molecule has 128 valence electrons. The molecule has 1 amide bonds. The number of hydrogen-bond donors (Lipinski definition) is 1. The number of carbonyl (C=O) groups excluding carboxylic acids is 1. The Morgan fingerprint density at radius 3 is 2.41 bits per heavy atom. The van der Waals surface area contributed by atoms with Gasteiger partial charge < -0.3 is 5.32 Å². The molecule has 0 unspecified atom stereocenters. The third-order valence-corrected chi connectivity index (χ3v) is 4.62. The van der Waals surface area contributed by atoms with E-state index in [0.717, 1.165) is 11.1 Å². The van der Waals surface area contributed by atoms with Crippen LogP contribution in [0.25, 0.3) is 22.3 Å². The molecule has 1 aliphatic heterocycles. The number of carbonyl (C=O) groups is 1. The van der Waals surface area contributed by atoms with E-state index in [9.17, 15) is 19.7 Å². The molecular weight excluding hydrogens is 341 g/mol. The predicted octanol–water partition coefficient (Wildman–Crippen LogP) is 4.15. The van der Waals surface area contributed by atoms with Gasteiger partial charge in [0.2, 0.25) is 0 Å². The van der Waals surface area contributed by atoms with Crippen molar-refractivity contribution in [3.05, 3.63) is 82.7 Å². The zero-order chi connectivity index (χ0) is 19.0. The molecule has 4 rings (SSSR count). The van der Waals surface area contributed by atoms with E-state index in [1.807, 2.05) is 18.2 Å². The highest BCUT2D eigenvalue weighted by Crippen LogP contribution is 2.37. The van der Waals surface area contributed by atoms with Gasteiger partial charge in [-0.1, -0.05) is 12.1 Å². The quantitative estimate of drug-likeness (QED) is 0.752. The molecule has 0 saturated heterocycles. The van der Waals surface area contributed by atoms with E-state index in [4.69, 9.17) is 0 Å². The van der Waals surface area contributed by atoms with Gasteiger partial charge in [-0.05, 0) is 64.7 Å². The molecule has 0 radical (unpaired) electrons. The number of amides is 1. The summed E-state index contributed by atoms with van der Waals surface area (Å²) < 4.78 is 14.6. The topological polar surface area (TPSA) is 76.7 Å². The molecule has 0 bridgehead atoms. The number of nitrogens with one attached hydrogen (secondary N) is 1. The SMILES string of the molecule is N#Cc1cccc(-c2cc3c(cc2-c2cc(C#N)ccc2F)C(=O)NC3)c1. The molecule has 5 heteroatoms. The molecular formula is C22H12FN3O. The Bertz CT molecular complexity index is 1190. The van der Waals surface area contributed by atoms with Gasteiger partial charge in [0, 0.05) is 17.7 Å². The Labute approximate surface area is 155 Å². The van der Waals surface area contributed by atoms with Crippen molar-refractivity contribution in [2.45, 2.75) is 6.54 Å². The lowest BCUT2D eigenvalue weighted by atomic mass is 9.89. The lowest BCUT2D eigenvalue weighted by molar-refractivity contribution is 0.0966. The Kier molecular flexibility index (Phi) is 3.91. The Morgan fingerprint density at radius 1 is 0.852 bits per heavy atom. The monoisotopic (exact) mass is 353 g/mol. The van der Waals surface area contributed by atoms with Crippen LogP contribution in [-0.2, 0) is 6.54 Å². The second-order valence-corrected chi connectivity index (χ2v) is 6.24. The lowest BCUT2D eigenvalue weighted by Crippen LogP contribution is -2.12. The van der Waals surface area contributed by atoms with Crippen molar-refractivity contribution in [3.8, 4) is 34.4 Å². The highest BCUT2D eigenvalue weighted by atomic mass is 19.1. The molecule has 1 aliphatic rings. The summed E-state index contributed by atoms with van der Waals surface area (Å²) in [6, 6.07) is 18.8. The number of benzene rings is 3. The fraction of sp³-hybridized carbons (Fsp3) is 0.0455. The van der Waals surface area contributed by atoms with Gasteiger partial charge in [0.15, 0.2) is 0 Å². The van der Waals surface area contributed by atoms with E-state index in [1.54, 1.807) is 24.3 Å². The first-order valence-electron chi connectivity index (χ1n) is 8.26. The van der Waals surface area contributed by atoms with E-state index in [1.165, 1.54) is 18.2 Å². The minimum Gasteiger partial charge on any atom is -0.348 e. The maximum Gasteiger partial charge on any atom is 0.251 e. The van der Waals surface area contributed by atoms with Crippen LogP contribution in [0, 0.1) is 28.5 Å². The minimum atomic E-state index is -0.481. The maximum absolute atomic E-state index is 14.6. The van der Waals surface area contributed by atoms with E-state index in [-0.39, 0.29) is 11.5 Å². The zero-order valence-electron chi connectivity index (χ0n) is 14.1. The number of hydrogen-bond acceptors (Lipinski definition) is 3. The third-order valence-electron chi connectivity index (χ3n) is 4.62. The fourth-order valence-electron chi connectivity index (χ4n) is 3.29. The standard InChI is InChI=1S/C22H12FN3O/c23-21-5-4-14(11-25)7-20(21)19-9-18-16(12-26-22(18)27)8-17(19)15-3-1-2-13(6-15)10-24/h1-9H,12H2,(H,26,27). The van der Waals surface area contributed by atoms with Crippen LogP contribution in [0.15, 0.2) is 54.6 Å². The zero-order valence-corrected chi connectivity index (χ0v) is 14.1. The molecule has 0 aliphatic carbocycles. The van der Waals surface area contributed by atoms with Crippen LogP contribution in [0.4, 0.5) is 4.39 Å². The number of fused-ring (bicyclic) bond motifs is 1. The van der Waals surface area contributed by atoms with Gasteiger partial charge in [-0.25, -0.2) is 4.39 Å². The largest absolute Gasteiger partial charge is 0.348 e. The van der Waals surface area contributed by atoms with Crippen molar-refractivity contribution in [2.24, 2.45) is 0 Å². The van der Waals surface area contributed by atoms with Crippen molar-refractivity contribution in [1.82, 2.24) is 5.32 Å². The van der Waals surface area contributed by atoms with Crippen LogP contribution in [0.2, 0.25) is 0 Å². The highest BCUT2D eigenvalue weighted by Gasteiger charge is 2.23. The van der Waals surface area contributed by atoms with Gasteiger partial charge in [0.25, 0.3) is 5.91 Å². The van der Waals surface area contributed by atoms with Crippen LogP contribution in [0.5, 0.6) is 0 Å². The molecule has 0 fully saturated rings. The molecule has 0 saturated carbocycles. The van der Waals surface area contributed by atoms with Gasteiger partial charge in [-0.3, -0.25) is 4.79 Å². The normalized spacial score (nSPS) is 12.0. The van der Waals surface area contributed by atoms with E-state index >= 15 is 0 Å². The van der Waals surface area contributed by atoms with Gasteiger partial charge in [0.1, 0.15) is 5.82 Å². The average molecular weight is 353 g/mol. The molecule has 0 aromatic heterocycles. The first-order chi connectivity index (χ1) is 13.1. The summed E-state index contributed by atoms with van der Waals surface area (Å²) in [7, 11) is 0. The molecule has 3 aromatic rings. The predicted molar refractivity (Wildman–Crippen MR) is 97.9 cm³/mol. The van der Waals surface area contributed by atoms with Crippen LogP contribution in [-0.4, -0.2) is 5.91 Å². The number of rotatable bonds is 2. The summed E-state index contributed by atoms with van der Waals surface area (Å²) >= 11 is 0. The van der Waals surface area contributed by atoms with Crippen molar-refractivity contribution < 1.29 is 9.18 Å². The summed E-state index contributed by atoms with van der Waals surface area (Å²) in [5, 5.41) is 21.1. The molecule has 0 atom stereocenters. The van der Waals surface area contributed by atoms with E-state index < -0.39 is 5.82 Å². The lowest BCUT2D eigenvalue weighted by Gasteiger charge is -2.14. The summed E-state index contributed by atoms with van der Waals surface area (Å²) in [5.41, 5.74) is 4.33. The molecule has 27 heavy (non-hydrogen) atoms. The smallest absolute Gasteiger partial charge is 0.251 e. The second kappa shape index (κ2) is 6.40. The van der Waals surface area contributed by atoms with E-state index in [2.05, 4.69) is 11.4 Å². The Morgan fingerprint density at radius 2 is 1.63 bits per heavy atom. The Hall–Kier alpha value is -3.96. The molecule has 1 N–H and O–H groups in total. The van der Waals surface area contributed by atoms with Gasteiger partial charge in [-0.2, -0.15) is 10.5 Å². The number of nitriles is 2. The van der Waals surface area contributed by atoms with Gasteiger partial charge in [-0.15, -0.1) is 0 Å². The fourth-order valence-corrected chi connectivity index (χ4v) is 3.29. The summed E-state index contributed by atoms with van der Waals surface area (Å²) in [4.78, 5) is 12.1. The molecule has 3 aromatic carbocycles. The Balaban J connectivity index is 2.03. The highest BCUT2D eigenvalue weighted by molar-refractivity contribution is 6.01. The minimum absolute atomic E-state index is 0.208. The average Bonchev–Trinajstić information content (AvgIpc) is 3.07. The molecule has 0 spiro atoms. The van der Waals surface area contributed by atoms with Gasteiger partial charge >= 0.3 is 0 Å². The van der Waals surface area contributed by atoms with Crippen molar-refractivity contribution >= 4 is 5.91 Å². The van der Waals surface area contributed by atoms with Crippen molar-refractivity contribution in [3.63, 3.8) is 0 Å². The molecule has 1 heterocycles. The van der Waals surface area contributed by atoms with Gasteiger partial charge in [0.05, 0.1) is 23.3 Å². The maximum atomic E-state index is 14.6. The second-order valence-electron chi connectivity index (χ2n) is 6.24. The van der Waals surface area contributed by atoms with Crippen LogP contribution >= 0.6 is 0 Å². The number of halogens is 1. The summed E-state index contributed by atoms with van der Waals surface area (Å²) in [5.74, 6) is -0.689. The van der Waals surface area contributed by atoms with Crippen molar-refractivity contribution in [1.29, 1.82) is 10.5 Å². The van der Waals surface area contributed by atoms with Crippen LogP contribution in [0.1, 0.15) is 27.0 Å². The number of nitrogens with zero attached hydrogens (tertiary/aromatic N) is 2.